The molecule has 140 valence electrons. The van der Waals surface area contributed by atoms with Crippen molar-refractivity contribution in [1.29, 1.82) is 0 Å². The van der Waals surface area contributed by atoms with Gasteiger partial charge in [0.15, 0.2) is 5.82 Å². The molecule has 8 heteroatoms. The van der Waals surface area contributed by atoms with Gasteiger partial charge in [-0.05, 0) is 44.7 Å². The number of anilines is 1. The van der Waals surface area contributed by atoms with E-state index in [0.29, 0.717) is 23.8 Å². The van der Waals surface area contributed by atoms with Gasteiger partial charge < -0.3 is 5.32 Å². The number of aromatic nitrogens is 3. The van der Waals surface area contributed by atoms with Gasteiger partial charge in [0, 0.05) is 35.8 Å². The van der Waals surface area contributed by atoms with E-state index in [4.69, 9.17) is 0 Å². The van der Waals surface area contributed by atoms with Gasteiger partial charge in [0.05, 0.1) is 4.90 Å². The first-order valence-corrected chi connectivity index (χ1v) is 9.91. The number of pyridine rings is 1. The number of hydrogen-bond donors (Lipinski definition) is 2. The number of benzene rings is 1. The molecule has 0 radical (unpaired) electrons. The molecule has 2 heterocycles. The maximum atomic E-state index is 12.2. The Bertz CT molecular complexity index is 1050. The third kappa shape index (κ3) is 4.12. The highest BCUT2D eigenvalue weighted by molar-refractivity contribution is 7.89. The van der Waals surface area contributed by atoms with Gasteiger partial charge in [-0.1, -0.05) is 18.2 Å². The molecular weight excluding hydrogens is 362 g/mol. The summed E-state index contributed by atoms with van der Waals surface area (Å²) in [7, 11) is -2.13. The minimum atomic E-state index is -3.53. The minimum absolute atomic E-state index is 0.246. The number of sulfonamides is 1. The predicted molar refractivity (Wildman–Crippen MR) is 105 cm³/mol. The number of hydrogen-bond acceptors (Lipinski definition) is 6. The van der Waals surface area contributed by atoms with Gasteiger partial charge in [-0.15, -0.1) is 0 Å². The highest BCUT2D eigenvalue weighted by Gasteiger charge is 2.16. The number of aryl methyl sites for hydroxylation is 1. The largest absolute Gasteiger partial charge is 0.366 e. The summed E-state index contributed by atoms with van der Waals surface area (Å²) in [5.74, 6) is 1.24. The van der Waals surface area contributed by atoms with Gasteiger partial charge in [-0.2, -0.15) is 0 Å². The van der Waals surface area contributed by atoms with Crippen molar-refractivity contribution in [2.45, 2.75) is 25.3 Å². The zero-order chi connectivity index (χ0) is 19.4. The smallest absolute Gasteiger partial charge is 0.240 e. The van der Waals surface area contributed by atoms with Crippen LogP contribution in [0, 0.1) is 13.8 Å². The lowest BCUT2D eigenvalue weighted by Crippen LogP contribution is -2.21. The minimum Gasteiger partial charge on any atom is -0.366 e. The highest BCUT2D eigenvalue weighted by Crippen LogP contribution is 2.22. The molecule has 0 amide bonds. The lowest BCUT2D eigenvalue weighted by molar-refractivity contribution is 0.587. The van der Waals surface area contributed by atoms with Crippen molar-refractivity contribution < 1.29 is 8.42 Å². The first-order chi connectivity index (χ1) is 12.9. The third-order valence-corrected chi connectivity index (χ3v) is 5.80. The molecule has 2 aromatic heterocycles. The second-order valence-electron chi connectivity index (χ2n) is 6.02. The molecule has 7 nitrogen and oxygen atoms in total. The fourth-order valence-electron chi connectivity index (χ4n) is 2.63. The van der Waals surface area contributed by atoms with Gasteiger partial charge in [0.1, 0.15) is 5.82 Å². The maximum absolute atomic E-state index is 12.2. The van der Waals surface area contributed by atoms with Crippen LogP contribution in [0.4, 0.5) is 5.82 Å². The van der Waals surface area contributed by atoms with E-state index in [2.05, 4.69) is 25.0 Å². The number of nitrogens with one attached hydrogen (secondary N) is 2. The van der Waals surface area contributed by atoms with Crippen molar-refractivity contribution in [2.24, 2.45) is 0 Å². The molecule has 2 N–H and O–H groups in total. The monoisotopic (exact) mass is 383 g/mol. The summed E-state index contributed by atoms with van der Waals surface area (Å²) >= 11 is 0. The number of rotatable bonds is 6. The Morgan fingerprint density at radius 3 is 2.52 bits per heavy atom. The summed E-state index contributed by atoms with van der Waals surface area (Å²) < 4.78 is 26.8. The van der Waals surface area contributed by atoms with Crippen LogP contribution in [0.2, 0.25) is 0 Å². The van der Waals surface area contributed by atoms with Crippen LogP contribution in [0.1, 0.15) is 16.8 Å². The molecular formula is C19H21N5O2S. The maximum Gasteiger partial charge on any atom is 0.240 e. The van der Waals surface area contributed by atoms with Crippen LogP contribution >= 0.6 is 0 Å². The summed E-state index contributed by atoms with van der Waals surface area (Å²) in [4.78, 5) is 13.5. The topological polar surface area (TPSA) is 96.9 Å². The van der Waals surface area contributed by atoms with Crippen molar-refractivity contribution in [3.63, 3.8) is 0 Å². The summed E-state index contributed by atoms with van der Waals surface area (Å²) in [6, 6.07) is 10.6. The van der Waals surface area contributed by atoms with E-state index in [1.165, 1.54) is 7.05 Å². The lowest BCUT2D eigenvalue weighted by Gasteiger charge is -2.14. The van der Waals surface area contributed by atoms with Gasteiger partial charge in [0.2, 0.25) is 10.0 Å². The first kappa shape index (κ1) is 18.9. The Balaban J connectivity index is 1.93. The van der Waals surface area contributed by atoms with Crippen LogP contribution in [-0.4, -0.2) is 30.4 Å². The van der Waals surface area contributed by atoms with Crippen molar-refractivity contribution >= 4 is 15.8 Å². The van der Waals surface area contributed by atoms with Crippen molar-refractivity contribution in [3.8, 4) is 11.4 Å². The van der Waals surface area contributed by atoms with Crippen molar-refractivity contribution in [2.75, 3.05) is 12.4 Å². The Morgan fingerprint density at radius 2 is 1.81 bits per heavy atom. The van der Waals surface area contributed by atoms with Crippen LogP contribution in [-0.2, 0) is 16.6 Å². The SMILES string of the molecule is CNS(=O)(=O)c1ccccc1CNc1nc(-c2cccnc2)nc(C)c1C. The van der Waals surface area contributed by atoms with E-state index >= 15 is 0 Å². The van der Waals surface area contributed by atoms with Crippen LogP contribution in [0.3, 0.4) is 0 Å². The molecule has 1 aromatic carbocycles. The quantitative estimate of drug-likeness (QED) is 0.679. The van der Waals surface area contributed by atoms with Crippen LogP contribution in [0.5, 0.6) is 0 Å². The number of nitrogens with zero attached hydrogens (tertiary/aromatic N) is 3. The van der Waals surface area contributed by atoms with Gasteiger partial charge >= 0.3 is 0 Å². The Labute approximate surface area is 159 Å². The van der Waals surface area contributed by atoms with Gasteiger partial charge in [-0.3, -0.25) is 4.98 Å². The molecule has 0 atom stereocenters. The summed E-state index contributed by atoms with van der Waals surface area (Å²) in [5.41, 5.74) is 3.24. The lowest BCUT2D eigenvalue weighted by atomic mass is 10.2. The molecule has 0 saturated heterocycles. The molecule has 0 fully saturated rings. The molecule has 0 aliphatic rings. The van der Waals surface area contributed by atoms with E-state index in [0.717, 1.165) is 16.8 Å². The second kappa shape index (κ2) is 7.81. The Hall–Kier alpha value is -2.84. The van der Waals surface area contributed by atoms with E-state index in [9.17, 15) is 8.42 Å². The highest BCUT2D eigenvalue weighted by atomic mass is 32.2. The first-order valence-electron chi connectivity index (χ1n) is 8.43. The zero-order valence-corrected chi connectivity index (χ0v) is 16.2. The fraction of sp³-hybridized carbons (Fsp3) is 0.211. The molecule has 0 spiro atoms. The fourth-order valence-corrected chi connectivity index (χ4v) is 3.59. The van der Waals surface area contributed by atoms with Gasteiger partial charge in [0.25, 0.3) is 0 Å². The van der Waals surface area contributed by atoms with E-state index in [1.807, 2.05) is 32.0 Å². The molecule has 0 aliphatic carbocycles. The third-order valence-electron chi connectivity index (χ3n) is 4.29. The summed E-state index contributed by atoms with van der Waals surface area (Å²) in [6.45, 7) is 4.17. The molecule has 0 aliphatic heterocycles. The average Bonchev–Trinajstić information content (AvgIpc) is 2.69. The Morgan fingerprint density at radius 1 is 1.04 bits per heavy atom. The standard InChI is InChI=1S/C19H21N5O2S/c1-13-14(2)23-19(16-8-6-10-21-11-16)24-18(13)22-12-15-7-4-5-9-17(15)27(25,26)20-3/h4-11,20H,12H2,1-3H3,(H,22,23,24). The average molecular weight is 383 g/mol. The molecule has 0 saturated carbocycles. The Kier molecular flexibility index (Phi) is 5.48. The van der Waals surface area contributed by atoms with E-state index < -0.39 is 10.0 Å². The van der Waals surface area contributed by atoms with Crippen molar-refractivity contribution in [1.82, 2.24) is 19.7 Å². The van der Waals surface area contributed by atoms with E-state index in [-0.39, 0.29) is 4.90 Å². The predicted octanol–water partition coefficient (Wildman–Crippen LogP) is 2.68. The van der Waals surface area contributed by atoms with Crippen LogP contribution in [0.15, 0.2) is 53.7 Å². The van der Waals surface area contributed by atoms with E-state index in [1.54, 1.807) is 30.6 Å². The molecule has 3 aromatic rings. The normalized spacial score (nSPS) is 11.4. The van der Waals surface area contributed by atoms with Gasteiger partial charge in [-0.25, -0.2) is 23.1 Å². The zero-order valence-electron chi connectivity index (χ0n) is 15.4. The molecule has 0 bridgehead atoms. The molecule has 0 unspecified atom stereocenters. The second-order valence-corrected chi connectivity index (χ2v) is 7.87. The van der Waals surface area contributed by atoms with Crippen molar-refractivity contribution in [3.05, 3.63) is 65.6 Å². The van der Waals surface area contributed by atoms with Crippen LogP contribution < -0.4 is 10.0 Å². The summed E-state index contributed by atoms with van der Waals surface area (Å²) in [5, 5.41) is 3.25. The molecule has 27 heavy (non-hydrogen) atoms. The summed E-state index contributed by atoms with van der Waals surface area (Å²) in [6.07, 6.45) is 3.41. The van der Waals surface area contributed by atoms with Crippen LogP contribution in [0.25, 0.3) is 11.4 Å². The molecule has 3 rings (SSSR count).